The van der Waals surface area contributed by atoms with Crippen molar-refractivity contribution in [3.63, 3.8) is 0 Å². The molecule has 7 heavy (non-hydrogen) atoms. The molecule has 32 valence electrons. The summed E-state index contributed by atoms with van der Waals surface area (Å²) in [7, 11) is 0. The summed E-state index contributed by atoms with van der Waals surface area (Å²) in [4.78, 5) is 8.33. The first-order valence-electron chi connectivity index (χ1n) is 0.612. The Labute approximate surface area is 75.7 Å². The van der Waals surface area contributed by atoms with Gasteiger partial charge in [0.05, 0.1) is 0 Å². The molecule has 0 aromatic carbocycles. The van der Waals surface area contributed by atoms with Gasteiger partial charge in [0, 0.05) is 17.1 Å². The van der Waals surface area contributed by atoms with Crippen LogP contribution in [0.2, 0.25) is 0 Å². The molecule has 0 heterocycles. The Hall–Kier alpha value is 0.984. The molecule has 0 amide bonds. The molecule has 0 N–H and O–H groups in total. The van der Waals surface area contributed by atoms with Crippen LogP contribution in [-0.2, 0) is 17.1 Å². The van der Waals surface area contributed by atoms with Gasteiger partial charge in [-0.05, 0) is 6.16 Å². The first kappa shape index (κ1) is 24.5. The summed E-state index contributed by atoms with van der Waals surface area (Å²) in [5.41, 5.74) is 0. The van der Waals surface area contributed by atoms with E-state index in [1.54, 1.807) is 0 Å². The molecule has 3 nitrogen and oxygen atoms in total. The van der Waals surface area contributed by atoms with Gasteiger partial charge in [-0.15, -0.1) is 0 Å². The zero-order chi connectivity index (χ0) is 3.58. The van der Waals surface area contributed by atoms with Gasteiger partial charge in [0.1, 0.15) is 0 Å². The van der Waals surface area contributed by atoms with Crippen molar-refractivity contribution in [2.24, 2.45) is 0 Å². The van der Waals surface area contributed by atoms with Crippen molar-refractivity contribution in [2.45, 2.75) is 0 Å². The van der Waals surface area contributed by atoms with E-state index >= 15 is 0 Å². The van der Waals surface area contributed by atoms with Crippen LogP contribution in [0.4, 0.5) is 4.79 Å². The van der Waals surface area contributed by atoms with Crippen LogP contribution in [0.15, 0.2) is 0 Å². The molecule has 0 aromatic heterocycles. The van der Waals surface area contributed by atoms with Crippen LogP contribution >= 0.6 is 0 Å². The van der Waals surface area contributed by atoms with E-state index in [0.29, 0.717) is 0 Å². The molecule has 0 atom stereocenters. The van der Waals surface area contributed by atoms with Crippen molar-refractivity contribution in [1.29, 1.82) is 0 Å². The second-order valence-corrected chi connectivity index (χ2v) is 0.250. The Kier molecular flexibility index (Phi) is 55.2. The van der Waals surface area contributed by atoms with E-state index in [-0.39, 0.29) is 54.8 Å². The van der Waals surface area contributed by atoms with Crippen LogP contribution in [0.5, 0.6) is 0 Å². The van der Waals surface area contributed by atoms with E-state index < -0.39 is 6.16 Å². The minimum atomic E-state index is -2.33. The number of rotatable bonds is 0. The van der Waals surface area contributed by atoms with E-state index in [4.69, 9.17) is 15.0 Å². The minimum Gasteiger partial charge on any atom is -0.652 e. The Balaban J connectivity index is -0.0000000150. The maximum Gasteiger partial charge on any atom is 1.00 e. The fourth-order valence-corrected chi connectivity index (χ4v) is 0. The normalized spacial score (nSPS) is 3.43. The average molecular weight is 130 g/mol. The standard InChI is InChI=1S/CH2O3.Fe.2Li/c2-1(3)4;;;/h(H2,2,3,4);;;/q;;2*+1/p-2. The molecule has 0 aliphatic rings. The summed E-state index contributed by atoms with van der Waals surface area (Å²) in [5.74, 6) is 0. The molecule has 0 radical (unpaired) electrons. The molecule has 6 heteroatoms. The molecule has 0 aromatic rings. The second-order valence-electron chi connectivity index (χ2n) is 0.250. The Bertz CT molecular complexity index is 35.9. The molecular weight excluding hydrogens is 130 g/mol. The van der Waals surface area contributed by atoms with Crippen molar-refractivity contribution in [1.82, 2.24) is 0 Å². The summed E-state index contributed by atoms with van der Waals surface area (Å²) >= 11 is 0. The second kappa shape index (κ2) is 15.8. The maximum atomic E-state index is 8.33. The number of hydrogen-bond donors (Lipinski definition) is 0. The van der Waals surface area contributed by atoms with Crippen molar-refractivity contribution < 1.29 is 69.8 Å². The molecule has 0 aliphatic heterocycles. The fraction of sp³-hybridized carbons (Fsp3) is 0. The third kappa shape index (κ3) is 179. The van der Waals surface area contributed by atoms with Gasteiger partial charge >= 0.3 is 37.7 Å². The number of carboxylic acid groups (broad SMARTS) is 2. The third-order valence-corrected chi connectivity index (χ3v) is 0. The molecular formula is CFeLi2O3. The van der Waals surface area contributed by atoms with Crippen LogP contribution in [0, 0.1) is 0 Å². The van der Waals surface area contributed by atoms with E-state index in [9.17, 15) is 0 Å². The summed E-state index contributed by atoms with van der Waals surface area (Å²) in [6, 6.07) is 0. The molecule has 0 saturated heterocycles. The van der Waals surface area contributed by atoms with Gasteiger partial charge in [-0.2, -0.15) is 0 Å². The van der Waals surface area contributed by atoms with Gasteiger partial charge in [0.15, 0.2) is 0 Å². The van der Waals surface area contributed by atoms with Crippen LogP contribution in [0.3, 0.4) is 0 Å². The van der Waals surface area contributed by atoms with Crippen molar-refractivity contribution in [3.8, 4) is 0 Å². The average Bonchev–Trinajstić information content (AvgIpc) is 0.811. The topological polar surface area (TPSA) is 63.2 Å². The van der Waals surface area contributed by atoms with Crippen LogP contribution in [0.25, 0.3) is 0 Å². The maximum absolute atomic E-state index is 8.33. The quantitative estimate of drug-likeness (QED) is 0.306. The summed E-state index contributed by atoms with van der Waals surface area (Å²) in [6.45, 7) is 0. The molecule has 0 rings (SSSR count). The zero-order valence-corrected chi connectivity index (χ0v) is 5.18. The van der Waals surface area contributed by atoms with Gasteiger partial charge in [-0.1, -0.05) is 0 Å². The van der Waals surface area contributed by atoms with Crippen LogP contribution in [-0.4, -0.2) is 6.16 Å². The Morgan fingerprint density at radius 1 is 1.14 bits per heavy atom. The predicted molar refractivity (Wildman–Crippen MR) is 5.40 cm³/mol. The first-order valence-corrected chi connectivity index (χ1v) is 0.612. The van der Waals surface area contributed by atoms with Crippen molar-refractivity contribution in [2.75, 3.05) is 0 Å². The minimum absolute atomic E-state index is 0. The van der Waals surface area contributed by atoms with Gasteiger partial charge in [0.25, 0.3) is 0 Å². The molecule has 0 saturated carbocycles. The largest absolute Gasteiger partial charge is 1.00 e. The SMILES string of the molecule is O=C([O-])[O-].[Fe].[Li+].[Li+]. The molecule has 0 spiro atoms. The number of hydrogen-bond acceptors (Lipinski definition) is 3. The van der Waals surface area contributed by atoms with E-state index in [0.717, 1.165) is 0 Å². The molecule has 0 fully saturated rings. The van der Waals surface area contributed by atoms with Crippen molar-refractivity contribution >= 4 is 6.16 Å². The Morgan fingerprint density at radius 2 is 1.14 bits per heavy atom. The predicted octanol–water partition coefficient (Wildman–Crippen LogP) is -8.44. The van der Waals surface area contributed by atoms with E-state index in [1.165, 1.54) is 0 Å². The van der Waals surface area contributed by atoms with Gasteiger partial charge < -0.3 is 15.0 Å². The zero-order valence-electron chi connectivity index (χ0n) is 4.08. The fourth-order valence-electron chi connectivity index (χ4n) is 0. The smallest absolute Gasteiger partial charge is 0.652 e. The van der Waals surface area contributed by atoms with Crippen LogP contribution in [0.1, 0.15) is 0 Å². The van der Waals surface area contributed by atoms with Gasteiger partial charge in [-0.25, -0.2) is 0 Å². The van der Waals surface area contributed by atoms with Crippen LogP contribution < -0.4 is 47.9 Å². The van der Waals surface area contributed by atoms with Gasteiger partial charge in [-0.3, -0.25) is 0 Å². The third-order valence-electron chi connectivity index (χ3n) is 0. The summed E-state index contributed by atoms with van der Waals surface area (Å²) in [5, 5.41) is 16.7. The first-order chi connectivity index (χ1) is 1.73. The van der Waals surface area contributed by atoms with Gasteiger partial charge in [0.2, 0.25) is 0 Å². The summed E-state index contributed by atoms with van der Waals surface area (Å²) < 4.78 is 0. The number of carbonyl (C=O) groups excluding carboxylic acids is 1. The number of carbonyl (C=O) groups is 1. The van der Waals surface area contributed by atoms with Crippen molar-refractivity contribution in [3.05, 3.63) is 0 Å². The summed E-state index contributed by atoms with van der Waals surface area (Å²) in [6.07, 6.45) is -2.33. The monoisotopic (exact) mass is 130 g/mol. The molecule has 0 bridgehead atoms. The van der Waals surface area contributed by atoms with E-state index in [2.05, 4.69) is 0 Å². The molecule has 0 unspecified atom stereocenters. The molecule has 0 aliphatic carbocycles. The Morgan fingerprint density at radius 3 is 1.14 bits per heavy atom. The van der Waals surface area contributed by atoms with E-state index in [1.807, 2.05) is 0 Å².